The molecule has 3 fully saturated rings. The van der Waals surface area contributed by atoms with Crippen molar-refractivity contribution in [2.75, 3.05) is 6.61 Å². The van der Waals surface area contributed by atoms with Crippen LogP contribution in [0.15, 0.2) is 0 Å². The number of rotatable bonds is 3. The van der Waals surface area contributed by atoms with Gasteiger partial charge in [0, 0.05) is 6.61 Å². The van der Waals surface area contributed by atoms with E-state index in [1.807, 2.05) is 0 Å². The first kappa shape index (κ1) is 9.51. The SMILES string of the molecule is CC1(C)C2CCC(CCCO)C1C2. The van der Waals surface area contributed by atoms with Crippen LogP contribution in [0.25, 0.3) is 0 Å². The molecule has 1 N–H and O–H groups in total. The van der Waals surface area contributed by atoms with E-state index in [1.165, 1.54) is 25.7 Å². The van der Waals surface area contributed by atoms with Crippen molar-refractivity contribution in [3.63, 3.8) is 0 Å². The maximum absolute atomic E-state index is 8.83. The fourth-order valence-corrected chi connectivity index (χ4v) is 3.66. The molecule has 0 saturated heterocycles. The van der Waals surface area contributed by atoms with Gasteiger partial charge in [0.2, 0.25) is 0 Å². The lowest BCUT2D eigenvalue weighted by Gasteiger charge is -2.60. The molecule has 2 bridgehead atoms. The van der Waals surface area contributed by atoms with E-state index in [-0.39, 0.29) is 0 Å². The summed E-state index contributed by atoms with van der Waals surface area (Å²) in [6, 6.07) is 0. The Morgan fingerprint density at radius 1 is 1.31 bits per heavy atom. The molecule has 76 valence electrons. The Labute approximate surface area is 81.5 Å². The van der Waals surface area contributed by atoms with Crippen LogP contribution in [0.5, 0.6) is 0 Å². The Kier molecular flexibility index (Phi) is 2.39. The summed E-state index contributed by atoms with van der Waals surface area (Å²) in [5.74, 6) is 2.91. The maximum atomic E-state index is 8.83. The van der Waals surface area contributed by atoms with Crippen molar-refractivity contribution >= 4 is 0 Å². The van der Waals surface area contributed by atoms with Gasteiger partial charge < -0.3 is 5.11 Å². The number of fused-ring (bicyclic) bond motifs is 2. The van der Waals surface area contributed by atoms with Crippen molar-refractivity contribution in [1.29, 1.82) is 0 Å². The highest BCUT2D eigenvalue weighted by atomic mass is 16.2. The van der Waals surface area contributed by atoms with Crippen molar-refractivity contribution < 1.29 is 5.11 Å². The quantitative estimate of drug-likeness (QED) is 0.711. The van der Waals surface area contributed by atoms with E-state index >= 15 is 0 Å². The molecule has 1 heteroatoms. The summed E-state index contributed by atoms with van der Waals surface area (Å²) >= 11 is 0. The Morgan fingerprint density at radius 3 is 2.62 bits per heavy atom. The first-order valence-electron chi connectivity index (χ1n) is 5.77. The van der Waals surface area contributed by atoms with E-state index in [0.717, 1.165) is 24.2 Å². The van der Waals surface area contributed by atoms with Crippen LogP contribution < -0.4 is 0 Å². The zero-order valence-electron chi connectivity index (χ0n) is 8.92. The van der Waals surface area contributed by atoms with E-state index in [1.54, 1.807) is 0 Å². The second-order valence-electron chi connectivity index (χ2n) is 5.56. The normalized spacial score (nSPS) is 41.3. The van der Waals surface area contributed by atoms with E-state index in [9.17, 15) is 0 Å². The first-order valence-corrected chi connectivity index (χ1v) is 5.77. The molecule has 1 nitrogen and oxygen atoms in total. The summed E-state index contributed by atoms with van der Waals surface area (Å²) in [6.07, 6.45) is 6.63. The fourth-order valence-electron chi connectivity index (χ4n) is 3.66. The van der Waals surface area contributed by atoms with Crippen LogP contribution in [0, 0.1) is 23.2 Å². The Bertz CT molecular complexity index is 184. The van der Waals surface area contributed by atoms with Crippen molar-refractivity contribution in [2.24, 2.45) is 23.2 Å². The highest BCUT2D eigenvalue weighted by molar-refractivity contribution is 5.02. The highest BCUT2D eigenvalue weighted by Crippen LogP contribution is 2.62. The molecule has 0 heterocycles. The summed E-state index contributed by atoms with van der Waals surface area (Å²) in [4.78, 5) is 0. The van der Waals surface area contributed by atoms with Gasteiger partial charge in [0.25, 0.3) is 0 Å². The third-order valence-corrected chi connectivity index (χ3v) is 4.73. The van der Waals surface area contributed by atoms with Gasteiger partial charge in [-0.1, -0.05) is 13.8 Å². The molecule has 0 amide bonds. The average Bonchev–Trinajstić information content (AvgIpc) is 2.14. The zero-order valence-corrected chi connectivity index (χ0v) is 8.92. The van der Waals surface area contributed by atoms with Crippen LogP contribution in [0.2, 0.25) is 0 Å². The van der Waals surface area contributed by atoms with Crippen LogP contribution >= 0.6 is 0 Å². The second kappa shape index (κ2) is 3.27. The highest BCUT2D eigenvalue weighted by Gasteiger charge is 2.53. The predicted octanol–water partition coefficient (Wildman–Crippen LogP) is 2.83. The second-order valence-corrected chi connectivity index (χ2v) is 5.56. The molecule has 13 heavy (non-hydrogen) atoms. The lowest BCUT2D eigenvalue weighted by molar-refractivity contribution is -0.107. The molecular formula is C12H22O. The Hall–Kier alpha value is -0.0400. The topological polar surface area (TPSA) is 20.2 Å². The van der Waals surface area contributed by atoms with Crippen LogP contribution in [-0.4, -0.2) is 11.7 Å². The molecule has 3 aliphatic rings. The molecule has 0 radical (unpaired) electrons. The van der Waals surface area contributed by atoms with Gasteiger partial charge in [-0.2, -0.15) is 0 Å². The summed E-state index contributed by atoms with van der Waals surface area (Å²) in [5, 5.41) is 8.83. The van der Waals surface area contributed by atoms with Crippen molar-refractivity contribution in [3.05, 3.63) is 0 Å². The molecule has 3 aliphatic carbocycles. The fraction of sp³-hybridized carbons (Fsp3) is 1.00. The lowest BCUT2D eigenvalue weighted by atomic mass is 9.45. The van der Waals surface area contributed by atoms with Gasteiger partial charge in [-0.15, -0.1) is 0 Å². The zero-order chi connectivity index (χ0) is 9.47. The summed E-state index contributed by atoms with van der Waals surface area (Å²) < 4.78 is 0. The monoisotopic (exact) mass is 182 g/mol. The van der Waals surface area contributed by atoms with E-state index < -0.39 is 0 Å². The summed E-state index contributed by atoms with van der Waals surface area (Å²) in [5.41, 5.74) is 0.623. The van der Waals surface area contributed by atoms with Crippen molar-refractivity contribution in [2.45, 2.75) is 46.0 Å². The van der Waals surface area contributed by atoms with Gasteiger partial charge in [0.15, 0.2) is 0 Å². The van der Waals surface area contributed by atoms with Crippen LogP contribution in [0.1, 0.15) is 46.0 Å². The molecule has 0 spiro atoms. The van der Waals surface area contributed by atoms with Crippen molar-refractivity contribution in [1.82, 2.24) is 0 Å². The molecule has 3 unspecified atom stereocenters. The standard InChI is InChI=1S/C12H22O/c1-12(2)10-6-5-9(4-3-7-13)11(12)8-10/h9-11,13H,3-8H2,1-2H3. The molecule has 0 aromatic heterocycles. The van der Waals surface area contributed by atoms with E-state index in [0.29, 0.717) is 12.0 Å². The minimum absolute atomic E-state index is 0.382. The van der Waals surface area contributed by atoms with E-state index in [4.69, 9.17) is 5.11 Å². The largest absolute Gasteiger partial charge is 0.396 e. The van der Waals surface area contributed by atoms with Crippen LogP contribution in [-0.2, 0) is 0 Å². The third kappa shape index (κ3) is 1.41. The summed E-state index contributed by atoms with van der Waals surface area (Å²) in [7, 11) is 0. The number of aliphatic hydroxyl groups is 1. The summed E-state index contributed by atoms with van der Waals surface area (Å²) in [6.45, 7) is 5.26. The first-order chi connectivity index (χ1) is 6.16. The van der Waals surface area contributed by atoms with Gasteiger partial charge >= 0.3 is 0 Å². The smallest absolute Gasteiger partial charge is 0.0431 e. The molecule has 0 aromatic rings. The number of aliphatic hydroxyl groups excluding tert-OH is 1. The average molecular weight is 182 g/mol. The van der Waals surface area contributed by atoms with Gasteiger partial charge in [0.1, 0.15) is 0 Å². The van der Waals surface area contributed by atoms with Crippen LogP contribution in [0.4, 0.5) is 0 Å². The van der Waals surface area contributed by atoms with E-state index in [2.05, 4.69) is 13.8 Å². The third-order valence-electron chi connectivity index (χ3n) is 4.73. The Morgan fingerprint density at radius 2 is 2.08 bits per heavy atom. The molecule has 3 saturated carbocycles. The van der Waals surface area contributed by atoms with Gasteiger partial charge in [-0.25, -0.2) is 0 Å². The van der Waals surface area contributed by atoms with Gasteiger partial charge in [-0.3, -0.25) is 0 Å². The Balaban J connectivity index is 1.91. The van der Waals surface area contributed by atoms with Gasteiger partial charge in [-0.05, 0) is 55.3 Å². The molecule has 3 atom stereocenters. The van der Waals surface area contributed by atoms with Crippen LogP contribution in [0.3, 0.4) is 0 Å². The minimum atomic E-state index is 0.382. The number of hydrogen-bond donors (Lipinski definition) is 1. The molecular weight excluding hydrogens is 160 g/mol. The lowest BCUT2D eigenvalue weighted by Crippen LogP contribution is -2.52. The van der Waals surface area contributed by atoms with Gasteiger partial charge in [0.05, 0.1) is 0 Å². The maximum Gasteiger partial charge on any atom is 0.0431 e. The van der Waals surface area contributed by atoms with Crippen molar-refractivity contribution in [3.8, 4) is 0 Å². The minimum Gasteiger partial charge on any atom is -0.396 e. The molecule has 3 rings (SSSR count). The predicted molar refractivity (Wildman–Crippen MR) is 54.4 cm³/mol. The molecule has 0 aromatic carbocycles. The molecule has 0 aliphatic heterocycles. The number of hydrogen-bond acceptors (Lipinski definition) is 1.